The lowest BCUT2D eigenvalue weighted by atomic mass is 9.70. The van der Waals surface area contributed by atoms with Gasteiger partial charge in [-0.25, -0.2) is 4.79 Å². The highest BCUT2D eigenvalue weighted by Crippen LogP contribution is 2.47. The Hall–Kier alpha value is -2.69. The highest BCUT2D eigenvalue weighted by molar-refractivity contribution is 5.75. The van der Waals surface area contributed by atoms with Gasteiger partial charge in [-0.2, -0.15) is 0 Å². The summed E-state index contributed by atoms with van der Waals surface area (Å²) in [5.74, 6) is 1.70. The average molecular weight is 412 g/mol. The molecule has 1 aliphatic rings. The molecule has 0 spiro atoms. The minimum atomic E-state index is -1.00. The average Bonchev–Trinajstić information content (AvgIpc) is 2.68. The smallest absolute Gasteiger partial charge is 0.405 e. The maximum atomic E-state index is 11.4. The molecule has 0 aliphatic heterocycles. The van der Waals surface area contributed by atoms with Gasteiger partial charge in [0.1, 0.15) is 11.5 Å². The van der Waals surface area contributed by atoms with E-state index >= 15 is 0 Å². The topological polar surface area (TPSA) is 67.8 Å². The molecule has 5 nitrogen and oxygen atoms in total. The zero-order valence-electron chi connectivity index (χ0n) is 18.9. The first kappa shape index (κ1) is 22.0. The molecule has 2 aromatic carbocycles. The molecule has 1 atom stereocenters. The largest absolute Gasteiger partial charge is 0.496 e. The van der Waals surface area contributed by atoms with E-state index < -0.39 is 6.09 Å². The van der Waals surface area contributed by atoms with Gasteiger partial charge in [-0.3, -0.25) is 0 Å². The van der Waals surface area contributed by atoms with E-state index in [1.54, 1.807) is 7.11 Å². The van der Waals surface area contributed by atoms with E-state index in [1.807, 2.05) is 6.07 Å². The van der Waals surface area contributed by atoms with Crippen LogP contribution in [0.2, 0.25) is 0 Å². The first-order valence-electron chi connectivity index (χ1n) is 10.6. The second-order valence-corrected chi connectivity index (χ2v) is 8.91. The number of nitrogens with one attached hydrogen (secondary N) is 1. The van der Waals surface area contributed by atoms with Gasteiger partial charge < -0.3 is 19.9 Å². The van der Waals surface area contributed by atoms with Gasteiger partial charge in [-0.1, -0.05) is 20.8 Å². The molecule has 1 aliphatic carbocycles. The highest BCUT2D eigenvalue weighted by atomic mass is 16.5. The number of hydrogen-bond donors (Lipinski definition) is 2. The SMILES string of the molecule is CCCOc1c(C)cc(-c2cc3c(cc2OC)[C@@H](NC(=O)O)C(C)(C)CC3)cc1C. The number of amides is 1. The van der Waals surface area contributed by atoms with Crippen molar-refractivity contribution in [2.24, 2.45) is 5.41 Å². The Bertz CT molecular complexity index is 925. The molecule has 0 fully saturated rings. The molecule has 5 heteroatoms. The van der Waals surface area contributed by atoms with Crippen LogP contribution >= 0.6 is 0 Å². The first-order valence-corrected chi connectivity index (χ1v) is 10.6. The van der Waals surface area contributed by atoms with Crippen molar-refractivity contribution in [3.05, 3.63) is 46.5 Å². The summed E-state index contributed by atoms with van der Waals surface area (Å²) in [5.41, 5.74) is 6.33. The normalized spacial score (nSPS) is 17.2. The van der Waals surface area contributed by atoms with Gasteiger partial charge in [0.05, 0.1) is 19.8 Å². The summed E-state index contributed by atoms with van der Waals surface area (Å²) in [6.45, 7) is 11.2. The summed E-state index contributed by atoms with van der Waals surface area (Å²) >= 11 is 0. The minimum absolute atomic E-state index is 0.163. The third-order valence-corrected chi connectivity index (χ3v) is 6.08. The Morgan fingerprint density at radius 1 is 1.20 bits per heavy atom. The van der Waals surface area contributed by atoms with Crippen LogP contribution in [-0.4, -0.2) is 24.9 Å². The van der Waals surface area contributed by atoms with E-state index in [2.05, 4.69) is 58.1 Å². The second kappa shape index (κ2) is 8.58. The Kier molecular flexibility index (Phi) is 6.30. The summed E-state index contributed by atoms with van der Waals surface area (Å²) in [7, 11) is 1.66. The monoisotopic (exact) mass is 411 g/mol. The van der Waals surface area contributed by atoms with Crippen molar-refractivity contribution in [3.63, 3.8) is 0 Å². The number of fused-ring (bicyclic) bond motifs is 1. The Morgan fingerprint density at radius 2 is 1.87 bits per heavy atom. The summed E-state index contributed by atoms with van der Waals surface area (Å²) in [6, 6.07) is 8.19. The molecule has 0 bridgehead atoms. The van der Waals surface area contributed by atoms with Crippen molar-refractivity contribution in [1.29, 1.82) is 0 Å². The molecule has 30 heavy (non-hydrogen) atoms. The molecule has 2 aromatic rings. The second-order valence-electron chi connectivity index (χ2n) is 8.91. The zero-order chi connectivity index (χ0) is 22.1. The predicted molar refractivity (Wildman–Crippen MR) is 120 cm³/mol. The fourth-order valence-electron chi connectivity index (χ4n) is 4.48. The van der Waals surface area contributed by atoms with Crippen molar-refractivity contribution in [1.82, 2.24) is 5.32 Å². The van der Waals surface area contributed by atoms with Crippen LogP contribution in [0.25, 0.3) is 11.1 Å². The summed E-state index contributed by atoms with van der Waals surface area (Å²) in [4.78, 5) is 11.4. The van der Waals surface area contributed by atoms with Gasteiger partial charge in [0.15, 0.2) is 0 Å². The number of ether oxygens (including phenoxy) is 2. The molecule has 0 saturated heterocycles. The third kappa shape index (κ3) is 4.25. The number of benzene rings is 2. The number of carbonyl (C=O) groups is 1. The van der Waals surface area contributed by atoms with Crippen LogP contribution in [0.5, 0.6) is 11.5 Å². The van der Waals surface area contributed by atoms with Gasteiger partial charge in [0.2, 0.25) is 0 Å². The Balaban J connectivity index is 2.09. The van der Waals surface area contributed by atoms with Crippen molar-refractivity contribution in [2.45, 2.75) is 59.9 Å². The number of hydrogen-bond acceptors (Lipinski definition) is 3. The van der Waals surface area contributed by atoms with Crippen molar-refractivity contribution < 1.29 is 19.4 Å². The number of aryl methyl sites for hydroxylation is 3. The summed E-state index contributed by atoms with van der Waals surface area (Å²) < 4.78 is 11.7. The first-order chi connectivity index (χ1) is 14.2. The molecule has 3 rings (SSSR count). The van der Waals surface area contributed by atoms with Gasteiger partial charge in [-0.15, -0.1) is 0 Å². The number of rotatable bonds is 6. The van der Waals surface area contributed by atoms with Crippen molar-refractivity contribution >= 4 is 6.09 Å². The molecular formula is C25H33NO4. The van der Waals surface area contributed by atoms with Crippen LogP contribution in [0.4, 0.5) is 4.79 Å². The van der Waals surface area contributed by atoms with Gasteiger partial charge in [-0.05, 0) is 90.6 Å². The van der Waals surface area contributed by atoms with E-state index in [4.69, 9.17) is 9.47 Å². The molecule has 2 N–H and O–H groups in total. The lowest BCUT2D eigenvalue weighted by Gasteiger charge is -2.40. The van der Waals surface area contributed by atoms with Crippen LogP contribution in [0.3, 0.4) is 0 Å². The lowest BCUT2D eigenvalue weighted by Crippen LogP contribution is -2.40. The number of carboxylic acid groups (broad SMARTS) is 1. The molecule has 0 saturated carbocycles. The summed E-state index contributed by atoms with van der Waals surface area (Å²) in [6.07, 6.45) is 1.80. The molecule has 0 radical (unpaired) electrons. The maximum absolute atomic E-state index is 11.4. The minimum Gasteiger partial charge on any atom is -0.496 e. The van der Waals surface area contributed by atoms with E-state index in [1.165, 1.54) is 5.56 Å². The van der Waals surface area contributed by atoms with Gasteiger partial charge >= 0.3 is 6.09 Å². The van der Waals surface area contributed by atoms with Crippen LogP contribution < -0.4 is 14.8 Å². The van der Waals surface area contributed by atoms with Crippen LogP contribution in [0.1, 0.15) is 61.9 Å². The molecule has 0 heterocycles. The van der Waals surface area contributed by atoms with Gasteiger partial charge in [0.25, 0.3) is 0 Å². The molecular weight excluding hydrogens is 378 g/mol. The van der Waals surface area contributed by atoms with Crippen LogP contribution in [-0.2, 0) is 6.42 Å². The Labute approximate surface area is 179 Å². The van der Waals surface area contributed by atoms with Crippen molar-refractivity contribution in [3.8, 4) is 22.6 Å². The highest BCUT2D eigenvalue weighted by Gasteiger charge is 2.37. The van der Waals surface area contributed by atoms with E-state index in [0.717, 1.165) is 58.6 Å². The fourth-order valence-corrected chi connectivity index (χ4v) is 4.48. The maximum Gasteiger partial charge on any atom is 0.405 e. The van der Waals surface area contributed by atoms with Gasteiger partial charge in [0, 0.05) is 5.56 Å². The molecule has 162 valence electrons. The third-order valence-electron chi connectivity index (χ3n) is 6.08. The quantitative estimate of drug-likeness (QED) is 0.607. The predicted octanol–water partition coefficient (Wildman–Crippen LogP) is 6.05. The lowest BCUT2D eigenvalue weighted by molar-refractivity contribution is 0.161. The van der Waals surface area contributed by atoms with E-state index in [9.17, 15) is 9.90 Å². The Morgan fingerprint density at radius 3 is 2.43 bits per heavy atom. The number of methoxy groups -OCH3 is 1. The van der Waals surface area contributed by atoms with E-state index in [-0.39, 0.29) is 11.5 Å². The molecule has 0 unspecified atom stereocenters. The fraction of sp³-hybridized carbons (Fsp3) is 0.480. The van der Waals surface area contributed by atoms with Crippen LogP contribution in [0, 0.1) is 19.3 Å². The summed E-state index contributed by atoms with van der Waals surface area (Å²) in [5, 5.41) is 12.1. The van der Waals surface area contributed by atoms with E-state index in [0.29, 0.717) is 6.61 Å². The van der Waals surface area contributed by atoms with Crippen molar-refractivity contribution in [2.75, 3.05) is 13.7 Å². The zero-order valence-corrected chi connectivity index (χ0v) is 18.9. The van der Waals surface area contributed by atoms with Crippen LogP contribution in [0.15, 0.2) is 24.3 Å². The standard InChI is InChI=1S/C25H33NO4/c1-7-10-30-22-15(2)11-18(12-16(22)3)19-13-17-8-9-25(4,5)23(26-24(27)28)20(17)14-21(19)29-6/h11-14,23,26H,7-10H2,1-6H3,(H,27,28)/t23-/m1/s1. The molecule has 0 aromatic heterocycles. The molecule has 1 amide bonds.